The molecule has 164 valence electrons. The van der Waals surface area contributed by atoms with E-state index in [2.05, 4.69) is 10.1 Å². The second-order valence-electron chi connectivity index (χ2n) is 8.28. The van der Waals surface area contributed by atoms with Gasteiger partial charge in [-0.15, -0.1) is 0 Å². The van der Waals surface area contributed by atoms with E-state index in [9.17, 15) is 9.59 Å². The molecule has 1 fully saturated rings. The maximum atomic E-state index is 13.2. The molecule has 32 heavy (non-hydrogen) atoms. The van der Waals surface area contributed by atoms with Crippen LogP contribution in [0.2, 0.25) is 0 Å². The number of amides is 1. The molecule has 0 unspecified atom stereocenters. The number of likely N-dealkylation sites (tertiary alicyclic amines) is 1. The number of ketones is 1. The number of nitrogens with zero attached hydrogens (tertiary/aromatic N) is 4. The first-order valence-electron chi connectivity index (χ1n) is 10.7. The molecule has 5 rings (SSSR count). The molecular formula is C24H24N4O4. The molecular weight excluding hydrogens is 408 g/mol. The Balaban J connectivity index is 1.31. The van der Waals surface area contributed by atoms with Crippen LogP contribution in [0.15, 0.2) is 48.8 Å². The minimum Gasteiger partial charge on any atom is -0.497 e. The lowest BCUT2D eigenvalue weighted by atomic mass is 9.82. The summed E-state index contributed by atoms with van der Waals surface area (Å²) in [6, 6.07) is 10.9. The van der Waals surface area contributed by atoms with Gasteiger partial charge in [0.25, 0.3) is 5.91 Å². The summed E-state index contributed by atoms with van der Waals surface area (Å²) in [5.41, 5.74) is 1.31. The first-order valence-corrected chi connectivity index (χ1v) is 10.7. The largest absolute Gasteiger partial charge is 0.497 e. The number of hydrogen-bond donors (Lipinski definition) is 0. The number of hydrogen-bond acceptors (Lipinski definition) is 6. The smallest absolute Gasteiger partial charge is 0.257 e. The summed E-state index contributed by atoms with van der Waals surface area (Å²) in [6.07, 6.45) is 4.80. The molecule has 0 saturated carbocycles. The lowest BCUT2D eigenvalue weighted by Crippen LogP contribution is -2.52. The number of benzene rings is 1. The summed E-state index contributed by atoms with van der Waals surface area (Å²) < 4.78 is 13.3. The number of aromatic nitrogens is 3. The van der Waals surface area contributed by atoms with Gasteiger partial charge in [0, 0.05) is 38.2 Å². The Bertz CT molecular complexity index is 1180. The van der Waals surface area contributed by atoms with Gasteiger partial charge in [0.05, 0.1) is 36.5 Å². The van der Waals surface area contributed by atoms with Crippen LogP contribution in [0.25, 0.3) is 5.82 Å². The van der Waals surface area contributed by atoms with Crippen molar-refractivity contribution in [3.05, 3.63) is 65.6 Å². The lowest BCUT2D eigenvalue weighted by Gasteiger charge is -2.44. The number of Topliss-reactive ketones (excluding diaryl/α,β-unsaturated/α-hetero) is 1. The molecule has 2 aliphatic rings. The number of rotatable bonds is 3. The second-order valence-corrected chi connectivity index (χ2v) is 8.28. The van der Waals surface area contributed by atoms with Crippen molar-refractivity contribution in [3.63, 3.8) is 0 Å². The van der Waals surface area contributed by atoms with Crippen LogP contribution in [0.1, 0.15) is 45.7 Å². The van der Waals surface area contributed by atoms with E-state index in [0.717, 1.165) is 5.69 Å². The number of pyridine rings is 1. The highest BCUT2D eigenvalue weighted by Crippen LogP contribution is 2.41. The van der Waals surface area contributed by atoms with E-state index >= 15 is 0 Å². The fraction of sp³-hybridized carbons (Fsp3) is 0.333. The molecule has 1 saturated heterocycles. The van der Waals surface area contributed by atoms with Gasteiger partial charge >= 0.3 is 0 Å². The number of fused-ring (bicyclic) bond motifs is 1. The van der Waals surface area contributed by atoms with Crippen molar-refractivity contribution < 1.29 is 19.1 Å². The highest BCUT2D eigenvalue weighted by atomic mass is 16.5. The maximum absolute atomic E-state index is 13.2. The zero-order valence-electron chi connectivity index (χ0n) is 18.1. The summed E-state index contributed by atoms with van der Waals surface area (Å²) in [5.74, 6) is 1.89. The van der Waals surface area contributed by atoms with Crippen LogP contribution < -0.4 is 9.47 Å². The van der Waals surface area contributed by atoms with Crippen LogP contribution in [0, 0.1) is 6.92 Å². The SMILES string of the molecule is COc1ccc2c(c1)OC1(CCN(C(=O)c3cnn(-c4ccccn4)c3C)CC1)CC2=O. The van der Waals surface area contributed by atoms with Gasteiger partial charge in [0.2, 0.25) is 0 Å². The molecule has 0 atom stereocenters. The number of methoxy groups -OCH3 is 1. The van der Waals surface area contributed by atoms with Gasteiger partial charge in [-0.1, -0.05) is 6.07 Å². The second kappa shape index (κ2) is 7.78. The maximum Gasteiger partial charge on any atom is 0.257 e. The molecule has 8 heteroatoms. The Morgan fingerprint density at radius 3 is 2.72 bits per heavy atom. The third-order valence-electron chi connectivity index (χ3n) is 6.37. The average molecular weight is 432 g/mol. The third kappa shape index (κ3) is 3.41. The number of carbonyl (C=O) groups excluding carboxylic acids is 2. The monoisotopic (exact) mass is 432 g/mol. The fourth-order valence-corrected chi connectivity index (χ4v) is 4.50. The van der Waals surface area contributed by atoms with Gasteiger partial charge in [-0.2, -0.15) is 5.10 Å². The van der Waals surface area contributed by atoms with Gasteiger partial charge in [0.1, 0.15) is 17.1 Å². The fourth-order valence-electron chi connectivity index (χ4n) is 4.50. The van der Waals surface area contributed by atoms with Crippen molar-refractivity contribution in [2.24, 2.45) is 0 Å². The Morgan fingerprint density at radius 1 is 1.19 bits per heavy atom. The van der Waals surface area contributed by atoms with Gasteiger partial charge in [-0.05, 0) is 31.2 Å². The summed E-state index contributed by atoms with van der Waals surface area (Å²) in [7, 11) is 1.59. The molecule has 0 aliphatic carbocycles. The van der Waals surface area contributed by atoms with E-state index < -0.39 is 5.60 Å². The Labute approximate surface area is 185 Å². The van der Waals surface area contributed by atoms with Crippen molar-refractivity contribution in [3.8, 4) is 17.3 Å². The van der Waals surface area contributed by atoms with Crippen molar-refractivity contribution in [2.45, 2.75) is 31.8 Å². The molecule has 2 aromatic heterocycles. The van der Waals surface area contributed by atoms with E-state index in [-0.39, 0.29) is 11.7 Å². The Kier molecular flexibility index (Phi) is 4.92. The first kappa shape index (κ1) is 20.2. The number of carbonyl (C=O) groups is 2. The minimum atomic E-state index is -0.583. The van der Waals surface area contributed by atoms with Gasteiger partial charge in [-0.25, -0.2) is 9.67 Å². The van der Waals surface area contributed by atoms with E-state index in [1.165, 1.54) is 0 Å². The molecule has 1 spiro atoms. The van der Waals surface area contributed by atoms with Crippen LogP contribution in [0.5, 0.6) is 11.5 Å². The quantitative estimate of drug-likeness (QED) is 0.632. The van der Waals surface area contributed by atoms with E-state index in [1.807, 2.05) is 30.0 Å². The summed E-state index contributed by atoms with van der Waals surface area (Å²) in [4.78, 5) is 32.1. The van der Waals surface area contributed by atoms with Crippen LogP contribution >= 0.6 is 0 Å². The minimum absolute atomic E-state index is 0.0660. The molecule has 2 aliphatic heterocycles. The first-order chi connectivity index (χ1) is 15.5. The zero-order chi connectivity index (χ0) is 22.3. The molecule has 8 nitrogen and oxygen atoms in total. The summed E-state index contributed by atoms with van der Waals surface area (Å²) in [6.45, 7) is 2.90. The number of ether oxygens (including phenoxy) is 2. The van der Waals surface area contributed by atoms with E-state index in [4.69, 9.17) is 9.47 Å². The standard InChI is InChI=1S/C24H24N4O4/c1-16-19(15-26-28(16)22-5-3-4-10-25-22)23(30)27-11-8-24(9-12-27)14-20(29)18-7-6-17(31-2)13-21(18)32-24/h3-7,10,13,15H,8-9,11-12,14H2,1-2H3. The molecule has 1 amide bonds. The van der Waals surface area contributed by atoms with Crippen molar-refractivity contribution in [1.82, 2.24) is 19.7 Å². The van der Waals surface area contributed by atoms with Crippen LogP contribution in [0.3, 0.4) is 0 Å². The van der Waals surface area contributed by atoms with E-state index in [0.29, 0.717) is 60.8 Å². The van der Waals surface area contributed by atoms with Gasteiger partial charge < -0.3 is 14.4 Å². The van der Waals surface area contributed by atoms with Crippen LogP contribution in [-0.2, 0) is 0 Å². The Hall–Kier alpha value is -3.68. The summed E-state index contributed by atoms with van der Waals surface area (Å²) in [5, 5.41) is 4.36. The Morgan fingerprint density at radius 2 is 2.00 bits per heavy atom. The van der Waals surface area contributed by atoms with Crippen LogP contribution in [0.4, 0.5) is 0 Å². The lowest BCUT2D eigenvalue weighted by molar-refractivity contribution is -0.00582. The highest BCUT2D eigenvalue weighted by Gasteiger charge is 2.44. The normalized spacial score (nSPS) is 17.1. The van der Waals surface area contributed by atoms with E-state index in [1.54, 1.807) is 42.4 Å². The number of piperidine rings is 1. The van der Waals surface area contributed by atoms with Gasteiger partial charge in [-0.3, -0.25) is 9.59 Å². The third-order valence-corrected chi connectivity index (χ3v) is 6.37. The zero-order valence-corrected chi connectivity index (χ0v) is 18.1. The molecule has 1 aromatic carbocycles. The average Bonchev–Trinajstić information content (AvgIpc) is 3.20. The van der Waals surface area contributed by atoms with Crippen LogP contribution in [-0.4, -0.2) is 57.2 Å². The van der Waals surface area contributed by atoms with Crippen molar-refractivity contribution in [2.75, 3.05) is 20.2 Å². The van der Waals surface area contributed by atoms with Gasteiger partial charge in [0.15, 0.2) is 11.6 Å². The predicted octanol–water partition coefficient (Wildman–Crippen LogP) is 3.22. The predicted molar refractivity (Wildman–Crippen MR) is 117 cm³/mol. The molecule has 0 bridgehead atoms. The van der Waals surface area contributed by atoms with Crippen molar-refractivity contribution >= 4 is 11.7 Å². The molecule has 0 radical (unpaired) electrons. The molecule has 4 heterocycles. The highest BCUT2D eigenvalue weighted by molar-refractivity contribution is 6.00. The molecule has 3 aromatic rings. The van der Waals surface area contributed by atoms with Crippen molar-refractivity contribution in [1.29, 1.82) is 0 Å². The topological polar surface area (TPSA) is 86.6 Å². The molecule has 0 N–H and O–H groups in total. The summed E-state index contributed by atoms with van der Waals surface area (Å²) >= 11 is 0.